The van der Waals surface area contributed by atoms with Gasteiger partial charge in [0, 0.05) is 24.2 Å². The summed E-state index contributed by atoms with van der Waals surface area (Å²) in [7, 11) is 0. The summed E-state index contributed by atoms with van der Waals surface area (Å²) in [5, 5.41) is 23.8. The minimum atomic E-state index is -1.31. The predicted molar refractivity (Wildman–Crippen MR) is 121 cm³/mol. The molecule has 2 atom stereocenters. The number of carbonyl (C=O) groups excluding carboxylic acids is 4. The first-order chi connectivity index (χ1) is 16.1. The first-order valence-corrected chi connectivity index (χ1v) is 10.9. The Morgan fingerprint density at radius 2 is 1.15 bits per heavy atom. The molecule has 0 radical (unpaired) electrons. The third-order valence-electron chi connectivity index (χ3n) is 4.26. The Hall–Kier alpha value is -3.06. The number of hydrogen-bond donors (Lipinski definition) is 6. The lowest BCUT2D eigenvalue weighted by Gasteiger charge is -2.17. The van der Waals surface area contributed by atoms with E-state index in [1.165, 1.54) is 24.3 Å². The average Bonchev–Trinajstić information content (AvgIpc) is 2.81. The number of nitrogens with one attached hydrogen (secondary N) is 4. The highest BCUT2D eigenvalue weighted by atomic mass is 16.7. The number of hydrogen-bond acceptors (Lipinski definition) is 8. The number of aliphatic hydroxyl groups excluding tert-OH is 2. The van der Waals surface area contributed by atoms with Crippen LogP contribution >= 0.6 is 0 Å². The molecule has 0 spiro atoms. The van der Waals surface area contributed by atoms with Gasteiger partial charge in [0.1, 0.15) is 0 Å². The second-order valence-corrected chi connectivity index (χ2v) is 8.30. The number of carbonyl (C=O) groups is 4. The molecule has 12 heteroatoms. The predicted octanol–water partition coefficient (Wildman–Crippen LogP) is -0.724. The Bertz CT molecular complexity index is 768. The van der Waals surface area contributed by atoms with Crippen molar-refractivity contribution < 1.29 is 39.1 Å². The lowest BCUT2D eigenvalue weighted by molar-refractivity contribution is -0.140. The molecule has 0 aliphatic heterocycles. The topological polar surface area (TPSA) is 175 Å². The molecular formula is C22H34N4O8. The van der Waals surface area contributed by atoms with Gasteiger partial charge in [-0.15, -0.1) is 0 Å². The maximum atomic E-state index is 12.4. The number of rotatable bonds is 14. The van der Waals surface area contributed by atoms with Gasteiger partial charge in [-0.1, -0.05) is 33.8 Å². The normalized spacial score (nSPS) is 12.7. The molecule has 6 N–H and O–H groups in total. The Balaban J connectivity index is 2.67. The molecule has 0 unspecified atom stereocenters. The Morgan fingerprint density at radius 3 is 1.47 bits per heavy atom. The van der Waals surface area contributed by atoms with E-state index in [4.69, 9.17) is 9.68 Å². The van der Waals surface area contributed by atoms with Crippen LogP contribution in [0.2, 0.25) is 0 Å². The molecule has 12 nitrogen and oxygen atoms in total. The summed E-state index contributed by atoms with van der Waals surface area (Å²) in [5.74, 6) is -2.30. The summed E-state index contributed by atoms with van der Waals surface area (Å²) in [5.41, 5.74) is 4.20. The van der Waals surface area contributed by atoms with Crippen LogP contribution in [0.4, 0.5) is 0 Å². The monoisotopic (exact) mass is 482 g/mol. The summed E-state index contributed by atoms with van der Waals surface area (Å²) in [6.45, 7) is 7.05. The Kier molecular flexibility index (Phi) is 12.7. The average molecular weight is 483 g/mol. The maximum absolute atomic E-state index is 12.4. The molecule has 0 heterocycles. The van der Waals surface area contributed by atoms with E-state index in [0.29, 0.717) is 13.1 Å². The van der Waals surface area contributed by atoms with E-state index in [0.717, 1.165) is 0 Å². The van der Waals surface area contributed by atoms with Gasteiger partial charge in [0.2, 0.25) is 0 Å². The van der Waals surface area contributed by atoms with Crippen LogP contribution in [0.5, 0.6) is 0 Å². The van der Waals surface area contributed by atoms with Crippen molar-refractivity contribution in [3.05, 3.63) is 35.4 Å². The molecule has 0 fully saturated rings. The fraction of sp³-hybridized carbons (Fsp3) is 0.545. The van der Waals surface area contributed by atoms with Crippen LogP contribution in [-0.4, -0.2) is 72.4 Å². The van der Waals surface area contributed by atoms with Crippen molar-refractivity contribution in [1.82, 2.24) is 21.6 Å². The molecule has 0 aliphatic rings. The van der Waals surface area contributed by atoms with Gasteiger partial charge in [-0.3, -0.25) is 28.9 Å². The lowest BCUT2D eigenvalue weighted by atomic mass is 10.1. The van der Waals surface area contributed by atoms with Gasteiger partial charge in [0.05, 0.1) is 13.2 Å². The molecular weight excluding hydrogens is 448 g/mol. The smallest absolute Gasteiger partial charge is 0.274 e. The van der Waals surface area contributed by atoms with Crippen LogP contribution in [-0.2, 0) is 19.3 Å². The Morgan fingerprint density at radius 1 is 0.765 bits per heavy atom. The van der Waals surface area contributed by atoms with Crippen molar-refractivity contribution in [2.45, 2.75) is 39.9 Å². The van der Waals surface area contributed by atoms with E-state index in [1.807, 2.05) is 27.7 Å². The van der Waals surface area contributed by atoms with Crippen LogP contribution in [0.25, 0.3) is 0 Å². The van der Waals surface area contributed by atoms with E-state index in [9.17, 15) is 29.4 Å². The van der Waals surface area contributed by atoms with Crippen molar-refractivity contribution >= 4 is 23.6 Å². The van der Waals surface area contributed by atoms with Crippen molar-refractivity contribution in [1.29, 1.82) is 0 Å². The highest BCUT2D eigenvalue weighted by molar-refractivity contribution is 5.99. The van der Waals surface area contributed by atoms with Crippen LogP contribution < -0.4 is 21.6 Å². The number of amides is 4. The summed E-state index contributed by atoms with van der Waals surface area (Å²) >= 11 is 0. The summed E-state index contributed by atoms with van der Waals surface area (Å²) < 4.78 is 0. The minimum Gasteiger partial charge on any atom is -0.393 e. The highest BCUT2D eigenvalue weighted by Gasteiger charge is 2.22. The molecule has 0 saturated heterocycles. The molecule has 1 aromatic carbocycles. The fourth-order valence-corrected chi connectivity index (χ4v) is 2.35. The SMILES string of the molecule is CC(C)CNC(=O)[C@@H](CO)ONC(=O)c1cccc(C(=O)NO[C@H](CO)C(=O)NCC(C)C)c1. The highest BCUT2D eigenvalue weighted by Crippen LogP contribution is 2.06. The van der Waals surface area contributed by atoms with E-state index in [1.54, 1.807) is 0 Å². The fourth-order valence-electron chi connectivity index (χ4n) is 2.35. The van der Waals surface area contributed by atoms with E-state index in [2.05, 4.69) is 21.6 Å². The zero-order valence-corrected chi connectivity index (χ0v) is 19.8. The van der Waals surface area contributed by atoms with Gasteiger partial charge in [0.25, 0.3) is 23.6 Å². The second kappa shape index (κ2) is 15.0. The quantitative estimate of drug-likeness (QED) is 0.188. The first kappa shape index (κ1) is 29.0. The molecule has 190 valence electrons. The summed E-state index contributed by atoms with van der Waals surface area (Å²) in [6, 6.07) is 5.47. The molecule has 0 aliphatic carbocycles. The van der Waals surface area contributed by atoms with Crippen LogP contribution in [0.1, 0.15) is 48.4 Å². The molecule has 4 amide bonds. The zero-order valence-electron chi connectivity index (χ0n) is 19.8. The molecule has 1 rings (SSSR count). The van der Waals surface area contributed by atoms with Gasteiger partial charge in [-0.2, -0.15) is 0 Å². The third kappa shape index (κ3) is 10.3. The van der Waals surface area contributed by atoms with Gasteiger partial charge in [0.15, 0.2) is 12.2 Å². The van der Waals surface area contributed by atoms with Gasteiger partial charge in [-0.05, 0) is 30.0 Å². The van der Waals surface area contributed by atoms with Crippen LogP contribution in [0, 0.1) is 11.8 Å². The number of benzene rings is 1. The van der Waals surface area contributed by atoms with Crippen molar-refractivity contribution in [3.63, 3.8) is 0 Å². The zero-order chi connectivity index (χ0) is 25.7. The van der Waals surface area contributed by atoms with Gasteiger partial charge in [-0.25, -0.2) is 11.0 Å². The number of hydroxylamine groups is 2. The molecule has 0 bridgehead atoms. The molecule has 0 aromatic heterocycles. The Labute approximate surface area is 198 Å². The van der Waals surface area contributed by atoms with Crippen molar-refractivity contribution in [2.75, 3.05) is 26.3 Å². The van der Waals surface area contributed by atoms with Crippen LogP contribution in [0.15, 0.2) is 24.3 Å². The summed E-state index contributed by atoms with van der Waals surface area (Å²) in [6.07, 6.45) is -2.61. The van der Waals surface area contributed by atoms with Crippen LogP contribution in [0.3, 0.4) is 0 Å². The number of aliphatic hydroxyl groups is 2. The lowest BCUT2D eigenvalue weighted by Crippen LogP contribution is -2.44. The molecule has 34 heavy (non-hydrogen) atoms. The second-order valence-electron chi connectivity index (χ2n) is 8.30. The summed E-state index contributed by atoms with van der Waals surface area (Å²) in [4.78, 5) is 58.7. The molecule has 0 saturated carbocycles. The van der Waals surface area contributed by atoms with Crippen molar-refractivity contribution in [2.24, 2.45) is 11.8 Å². The van der Waals surface area contributed by atoms with E-state index >= 15 is 0 Å². The van der Waals surface area contributed by atoms with Crippen molar-refractivity contribution in [3.8, 4) is 0 Å². The standard InChI is InChI=1S/C22H34N4O8/c1-13(2)9-23-21(31)17(11-27)33-25-19(29)15-6-5-7-16(8-15)20(30)26-34-18(12-28)22(32)24-10-14(3)4/h5-8,13-14,17-18,27-28H,9-12H2,1-4H3,(H,23,31)(H,24,32)(H,25,29)(H,26,30)/t17-,18-/m1/s1. The van der Waals surface area contributed by atoms with E-state index in [-0.39, 0.29) is 23.0 Å². The largest absolute Gasteiger partial charge is 0.393 e. The third-order valence-corrected chi connectivity index (χ3v) is 4.26. The molecule has 1 aromatic rings. The van der Waals surface area contributed by atoms with Gasteiger partial charge >= 0.3 is 0 Å². The minimum absolute atomic E-state index is 0.0281. The first-order valence-electron chi connectivity index (χ1n) is 10.9. The van der Waals surface area contributed by atoms with E-state index < -0.39 is 49.1 Å². The maximum Gasteiger partial charge on any atom is 0.274 e. The van der Waals surface area contributed by atoms with Gasteiger partial charge < -0.3 is 20.8 Å².